The number of anilines is 1. The topological polar surface area (TPSA) is 142 Å². The molecular weight excluding hydrogens is 456 g/mol. The zero-order chi connectivity index (χ0) is 23.0. The average Bonchev–Trinajstić information content (AvgIpc) is 3.39. The van der Waals surface area contributed by atoms with Gasteiger partial charge in [0.1, 0.15) is 23.6 Å². The van der Waals surface area contributed by atoms with Crippen LogP contribution in [0, 0.1) is 6.92 Å². The molecule has 0 bridgehead atoms. The summed E-state index contributed by atoms with van der Waals surface area (Å²) in [7, 11) is -2.29. The first-order valence-electron chi connectivity index (χ1n) is 9.57. The summed E-state index contributed by atoms with van der Waals surface area (Å²) < 4.78 is 35.1. The normalized spacial score (nSPS) is 16.1. The first-order chi connectivity index (χ1) is 15.3. The van der Waals surface area contributed by atoms with Crippen LogP contribution in [-0.2, 0) is 11.2 Å². The SMILES string of the molecule is COc1ccccc1CCN1c2sc(-c3ncco3)c(C)c2C(=O)N(CC(N)=O)S1(O)O. The molecule has 1 aliphatic rings. The molecule has 12 heteroatoms. The smallest absolute Gasteiger partial charge is 0.277 e. The summed E-state index contributed by atoms with van der Waals surface area (Å²) in [5.74, 6) is -0.558. The molecule has 2 amide bonds. The molecule has 0 radical (unpaired) electrons. The van der Waals surface area contributed by atoms with E-state index < -0.39 is 29.3 Å². The van der Waals surface area contributed by atoms with Crippen LogP contribution in [0.3, 0.4) is 0 Å². The van der Waals surface area contributed by atoms with E-state index in [0.717, 1.165) is 9.87 Å². The number of ether oxygens (including phenoxy) is 1. The lowest BCUT2D eigenvalue weighted by Crippen LogP contribution is -2.50. The number of fused-ring (bicyclic) bond motifs is 1. The quantitative estimate of drug-likeness (QED) is 0.469. The maximum absolute atomic E-state index is 13.2. The van der Waals surface area contributed by atoms with Crippen molar-refractivity contribution >= 4 is 39.1 Å². The predicted octanol–water partition coefficient (Wildman–Crippen LogP) is 3.29. The number of rotatable bonds is 7. The number of benzene rings is 1. The molecule has 32 heavy (non-hydrogen) atoms. The van der Waals surface area contributed by atoms with E-state index in [1.165, 1.54) is 28.1 Å². The molecule has 0 aliphatic carbocycles. The number of carbonyl (C=O) groups excluding carboxylic acids is 2. The summed E-state index contributed by atoms with van der Waals surface area (Å²) in [6.07, 6.45) is 3.30. The number of carbonyl (C=O) groups is 2. The first-order valence-corrected chi connectivity index (χ1v) is 11.8. The molecule has 4 N–H and O–H groups in total. The van der Waals surface area contributed by atoms with Gasteiger partial charge in [-0.15, -0.1) is 11.3 Å². The van der Waals surface area contributed by atoms with Crippen LogP contribution in [0.25, 0.3) is 10.8 Å². The van der Waals surface area contributed by atoms with E-state index in [1.807, 2.05) is 24.3 Å². The number of nitrogens with zero attached hydrogens (tertiary/aromatic N) is 3. The summed E-state index contributed by atoms with van der Waals surface area (Å²) in [6.45, 7) is 1.24. The highest BCUT2D eigenvalue weighted by Gasteiger charge is 2.45. The molecule has 4 rings (SSSR count). The number of hydrogen-bond acceptors (Lipinski definition) is 9. The number of primary amides is 1. The number of hydrogen-bond donors (Lipinski definition) is 3. The van der Waals surface area contributed by atoms with Crippen LogP contribution in [-0.4, -0.2) is 50.4 Å². The molecule has 170 valence electrons. The van der Waals surface area contributed by atoms with Crippen molar-refractivity contribution in [3.8, 4) is 16.5 Å². The third-order valence-electron chi connectivity index (χ3n) is 5.09. The molecule has 0 saturated heterocycles. The van der Waals surface area contributed by atoms with Gasteiger partial charge in [0.2, 0.25) is 11.8 Å². The van der Waals surface area contributed by atoms with Crippen LogP contribution in [0.1, 0.15) is 21.5 Å². The number of thiophene rings is 1. The van der Waals surface area contributed by atoms with Crippen molar-refractivity contribution in [1.29, 1.82) is 0 Å². The first kappa shape index (κ1) is 22.1. The number of amides is 2. The predicted molar refractivity (Wildman–Crippen MR) is 122 cm³/mol. The molecule has 1 aromatic carbocycles. The summed E-state index contributed by atoms with van der Waals surface area (Å²) in [4.78, 5) is 29.6. The van der Waals surface area contributed by atoms with Gasteiger partial charge in [-0.1, -0.05) is 18.2 Å². The molecule has 2 aromatic heterocycles. The Morgan fingerprint density at radius 3 is 2.72 bits per heavy atom. The highest BCUT2D eigenvalue weighted by Crippen LogP contribution is 2.59. The van der Waals surface area contributed by atoms with E-state index in [-0.39, 0.29) is 12.1 Å². The summed E-state index contributed by atoms with van der Waals surface area (Å²) in [5.41, 5.74) is 6.98. The van der Waals surface area contributed by atoms with Gasteiger partial charge in [0.05, 0.1) is 23.7 Å². The summed E-state index contributed by atoms with van der Waals surface area (Å²) in [5, 5.41) is 0.372. The van der Waals surface area contributed by atoms with Gasteiger partial charge in [-0.25, -0.2) is 13.6 Å². The Morgan fingerprint density at radius 1 is 1.31 bits per heavy atom. The van der Waals surface area contributed by atoms with Gasteiger partial charge in [0.25, 0.3) is 5.91 Å². The zero-order valence-electron chi connectivity index (χ0n) is 17.3. The molecule has 0 spiro atoms. The molecule has 0 atom stereocenters. The number of methoxy groups -OCH3 is 1. The minimum atomic E-state index is -3.85. The maximum Gasteiger partial charge on any atom is 0.277 e. The van der Waals surface area contributed by atoms with Gasteiger partial charge in [0.15, 0.2) is 0 Å². The van der Waals surface area contributed by atoms with Crippen LogP contribution in [0.2, 0.25) is 0 Å². The average molecular weight is 479 g/mol. The van der Waals surface area contributed by atoms with E-state index >= 15 is 0 Å². The highest BCUT2D eigenvalue weighted by molar-refractivity contribution is 8.24. The molecule has 0 fully saturated rings. The van der Waals surface area contributed by atoms with Crippen LogP contribution in [0.15, 0.2) is 41.1 Å². The van der Waals surface area contributed by atoms with E-state index in [2.05, 4.69) is 4.98 Å². The highest BCUT2D eigenvalue weighted by atomic mass is 32.3. The fraction of sp³-hybridized carbons (Fsp3) is 0.250. The van der Waals surface area contributed by atoms with E-state index in [0.29, 0.717) is 33.5 Å². The third-order valence-corrected chi connectivity index (χ3v) is 8.35. The molecule has 3 aromatic rings. The van der Waals surface area contributed by atoms with Crippen LogP contribution < -0.4 is 14.8 Å². The molecule has 1 aliphatic heterocycles. The number of para-hydroxylation sites is 1. The van der Waals surface area contributed by atoms with Crippen molar-refractivity contribution in [2.45, 2.75) is 13.3 Å². The lowest BCUT2D eigenvalue weighted by atomic mass is 10.1. The second kappa shape index (κ2) is 8.47. The van der Waals surface area contributed by atoms with Crippen LogP contribution in [0.4, 0.5) is 5.00 Å². The Balaban J connectivity index is 1.80. The van der Waals surface area contributed by atoms with E-state index in [9.17, 15) is 18.7 Å². The fourth-order valence-corrected chi connectivity index (χ4v) is 6.67. The molecule has 10 nitrogen and oxygen atoms in total. The van der Waals surface area contributed by atoms with Crippen LogP contribution in [0.5, 0.6) is 5.75 Å². The standard InChI is InChI=1S/C20H22N4O6S2/c1-12-16-19(26)24(11-15(21)25)32(27,28)23(9-7-13-5-3-4-6-14(13)29-2)20(16)31-17(12)18-22-8-10-30-18/h3-6,8,10,27-28H,7,9,11H2,1-2H3,(H2,21,25). The Kier molecular flexibility index (Phi) is 5.86. The minimum absolute atomic E-state index is 0.142. The largest absolute Gasteiger partial charge is 0.496 e. The van der Waals surface area contributed by atoms with Crippen molar-refractivity contribution in [3.63, 3.8) is 0 Å². The summed E-state index contributed by atoms with van der Waals surface area (Å²) >= 11 is 1.18. The minimum Gasteiger partial charge on any atom is -0.496 e. The van der Waals surface area contributed by atoms with Crippen molar-refractivity contribution < 1.29 is 27.8 Å². The van der Waals surface area contributed by atoms with Gasteiger partial charge >= 0.3 is 0 Å². The van der Waals surface area contributed by atoms with Gasteiger partial charge in [0, 0.05) is 6.54 Å². The second-order valence-electron chi connectivity index (χ2n) is 7.04. The van der Waals surface area contributed by atoms with Gasteiger partial charge in [-0.2, -0.15) is 0 Å². The van der Waals surface area contributed by atoms with Crippen LogP contribution >= 0.6 is 22.3 Å². The Hall–Kier alpha value is -3.06. The molecule has 0 unspecified atom stereocenters. The van der Waals surface area contributed by atoms with Crippen molar-refractivity contribution in [2.24, 2.45) is 5.73 Å². The van der Waals surface area contributed by atoms with E-state index in [4.69, 9.17) is 14.9 Å². The third kappa shape index (κ3) is 3.71. The maximum atomic E-state index is 13.2. The van der Waals surface area contributed by atoms with Crippen molar-refractivity contribution in [3.05, 3.63) is 53.4 Å². The molecule has 0 saturated carbocycles. The molecule has 3 heterocycles. The van der Waals surface area contributed by atoms with Crippen molar-refractivity contribution in [2.75, 3.05) is 24.5 Å². The van der Waals surface area contributed by atoms with Gasteiger partial charge < -0.3 is 14.9 Å². The number of oxazole rings is 1. The molecular formula is C20H22N4O6S2. The van der Waals surface area contributed by atoms with Crippen molar-refractivity contribution in [1.82, 2.24) is 9.29 Å². The lowest BCUT2D eigenvalue weighted by molar-refractivity contribution is -0.118. The Labute approximate surface area is 189 Å². The van der Waals surface area contributed by atoms with E-state index in [1.54, 1.807) is 14.0 Å². The Morgan fingerprint density at radius 2 is 2.06 bits per heavy atom. The Bertz CT molecular complexity index is 1160. The second-order valence-corrected chi connectivity index (χ2v) is 9.90. The van der Waals surface area contributed by atoms with Gasteiger partial charge in [-0.05, 0) is 41.5 Å². The number of nitrogens with two attached hydrogens (primary N) is 1. The lowest BCUT2D eigenvalue weighted by Gasteiger charge is -2.52. The summed E-state index contributed by atoms with van der Waals surface area (Å²) in [6, 6.07) is 7.39. The fourth-order valence-electron chi connectivity index (χ4n) is 3.59. The monoisotopic (exact) mass is 478 g/mol. The zero-order valence-corrected chi connectivity index (χ0v) is 19.0. The van der Waals surface area contributed by atoms with Gasteiger partial charge in [-0.3, -0.25) is 18.7 Å². The number of aromatic nitrogens is 1.